The van der Waals surface area contributed by atoms with Crippen molar-refractivity contribution < 1.29 is 19.4 Å². The molecule has 1 fully saturated rings. The summed E-state index contributed by atoms with van der Waals surface area (Å²) in [5, 5.41) is 11.8. The van der Waals surface area contributed by atoms with Crippen molar-refractivity contribution in [3.05, 3.63) is 29.8 Å². The molecule has 0 unspecified atom stereocenters. The first-order valence-corrected chi connectivity index (χ1v) is 8.18. The van der Waals surface area contributed by atoms with Gasteiger partial charge in [-0.2, -0.15) is 0 Å². The van der Waals surface area contributed by atoms with Crippen LogP contribution in [0.1, 0.15) is 16.8 Å². The Morgan fingerprint density at radius 2 is 2.08 bits per heavy atom. The van der Waals surface area contributed by atoms with E-state index in [1.54, 1.807) is 12.1 Å². The van der Waals surface area contributed by atoms with Gasteiger partial charge < -0.3 is 20.1 Å². The normalized spacial score (nSPS) is 16.4. The van der Waals surface area contributed by atoms with Crippen molar-refractivity contribution in [2.24, 2.45) is 0 Å². The predicted octanol–water partition coefficient (Wildman–Crippen LogP) is 0.517. The van der Waals surface area contributed by atoms with Gasteiger partial charge in [-0.3, -0.25) is 9.69 Å². The molecule has 7 heteroatoms. The summed E-state index contributed by atoms with van der Waals surface area (Å²) in [5.41, 5.74) is 0.183. The first-order chi connectivity index (χ1) is 11.5. The predicted molar refractivity (Wildman–Crippen MR) is 90.5 cm³/mol. The van der Waals surface area contributed by atoms with Gasteiger partial charge in [0.05, 0.1) is 18.7 Å². The minimum absolute atomic E-state index is 0.0116. The molecule has 2 rings (SSSR count). The highest BCUT2D eigenvalue weighted by Crippen LogP contribution is 2.12. The van der Waals surface area contributed by atoms with Crippen LogP contribution in [0.5, 0.6) is 5.75 Å². The number of ether oxygens (including phenoxy) is 1. The highest BCUT2D eigenvalue weighted by molar-refractivity contribution is 5.88. The van der Waals surface area contributed by atoms with Crippen LogP contribution in [0.4, 0.5) is 0 Å². The molecule has 7 nitrogen and oxygen atoms in total. The maximum absolute atomic E-state index is 12.0. The van der Waals surface area contributed by atoms with Gasteiger partial charge >= 0.3 is 5.97 Å². The largest absolute Gasteiger partial charge is 0.492 e. The molecule has 132 valence electrons. The Hall–Kier alpha value is -2.12. The van der Waals surface area contributed by atoms with E-state index in [9.17, 15) is 9.59 Å². The van der Waals surface area contributed by atoms with E-state index in [1.165, 1.54) is 12.1 Å². The monoisotopic (exact) mass is 335 g/mol. The second-order valence-corrected chi connectivity index (χ2v) is 5.96. The number of carbonyl (C=O) groups excluding carboxylic acids is 1. The van der Waals surface area contributed by atoms with Crippen molar-refractivity contribution in [1.29, 1.82) is 0 Å². The third kappa shape index (κ3) is 6.17. The van der Waals surface area contributed by atoms with E-state index in [0.29, 0.717) is 25.4 Å². The first kappa shape index (κ1) is 18.2. The lowest BCUT2D eigenvalue weighted by Gasteiger charge is -2.19. The number of likely N-dealkylation sites (N-methyl/N-ethyl adjacent to an activating group) is 1. The fourth-order valence-electron chi connectivity index (χ4n) is 2.60. The smallest absolute Gasteiger partial charge is 0.335 e. The number of benzene rings is 1. The number of carboxylic acids is 1. The number of amides is 1. The molecule has 1 aliphatic heterocycles. The maximum Gasteiger partial charge on any atom is 0.335 e. The van der Waals surface area contributed by atoms with Gasteiger partial charge in [-0.05, 0) is 44.8 Å². The number of aromatic carboxylic acids is 1. The zero-order chi connectivity index (χ0) is 17.4. The number of nitrogens with one attached hydrogen (secondary N) is 1. The fourth-order valence-corrected chi connectivity index (χ4v) is 2.60. The lowest BCUT2D eigenvalue weighted by atomic mass is 10.2. The van der Waals surface area contributed by atoms with Gasteiger partial charge in [0, 0.05) is 13.1 Å². The van der Waals surface area contributed by atoms with Crippen molar-refractivity contribution in [2.45, 2.75) is 6.42 Å². The lowest BCUT2D eigenvalue weighted by Crippen LogP contribution is -2.40. The van der Waals surface area contributed by atoms with E-state index < -0.39 is 5.97 Å². The quantitative estimate of drug-likeness (QED) is 0.707. The van der Waals surface area contributed by atoms with Crippen LogP contribution in [0.15, 0.2) is 24.3 Å². The molecule has 2 N–H and O–H groups in total. The van der Waals surface area contributed by atoms with E-state index >= 15 is 0 Å². The third-order valence-corrected chi connectivity index (χ3v) is 3.95. The molecular weight excluding hydrogens is 310 g/mol. The van der Waals surface area contributed by atoms with Crippen molar-refractivity contribution in [3.63, 3.8) is 0 Å². The molecule has 1 heterocycles. The van der Waals surface area contributed by atoms with Crippen LogP contribution in [-0.2, 0) is 4.79 Å². The minimum Gasteiger partial charge on any atom is -0.492 e. The van der Waals surface area contributed by atoms with E-state index in [4.69, 9.17) is 9.84 Å². The average Bonchev–Trinajstić information content (AvgIpc) is 2.76. The Morgan fingerprint density at radius 1 is 1.25 bits per heavy atom. The van der Waals surface area contributed by atoms with Gasteiger partial charge in [-0.15, -0.1) is 0 Å². The molecule has 0 spiro atoms. The number of carboxylic acid groups (broad SMARTS) is 1. The Bertz CT molecular complexity index is 565. The summed E-state index contributed by atoms with van der Waals surface area (Å²) < 4.78 is 5.47. The summed E-state index contributed by atoms with van der Waals surface area (Å²) in [4.78, 5) is 27.3. The Kier molecular flexibility index (Phi) is 7.02. The number of nitrogens with zero attached hydrogens (tertiary/aromatic N) is 2. The van der Waals surface area contributed by atoms with Crippen LogP contribution < -0.4 is 10.1 Å². The van der Waals surface area contributed by atoms with Gasteiger partial charge in [0.1, 0.15) is 12.4 Å². The number of rotatable bonds is 7. The van der Waals surface area contributed by atoms with Crippen LogP contribution in [0.25, 0.3) is 0 Å². The summed E-state index contributed by atoms with van der Waals surface area (Å²) in [7, 11) is 2.10. The van der Waals surface area contributed by atoms with Crippen LogP contribution in [0.2, 0.25) is 0 Å². The molecule has 0 aromatic heterocycles. The lowest BCUT2D eigenvalue weighted by molar-refractivity contribution is -0.122. The molecule has 1 aromatic carbocycles. The highest BCUT2D eigenvalue weighted by atomic mass is 16.5. The molecular formula is C17H25N3O4. The average molecular weight is 335 g/mol. The maximum atomic E-state index is 12.0. The molecule has 1 aromatic rings. The summed E-state index contributed by atoms with van der Waals surface area (Å²) in [6.07, 6.45) is 1.08. The number of carbonyl (C=O) groups is 2. The van der Waals surface area contributed by atoms with Crippen LogP contribution in [0.3, 0.4) is 0 Å². The van der Waals surface area contributed by atoms with Crippen molar-refractivity contribution >= 4 is 11.9 Å². The standard InChI is InChI=1S/C17H25N3O4/c1-19-7-3-8-20(10-9-19)13-16(21)18-6-11-24-15-5-2-4-14(12-15)17(22)23/h2,4-5,12H,3,6-11,13H2,1H3,(H,18,21)(H,22,23). The number of hydrogen-bond donors (Lipinski definition) is 2. The van der Waals surface area contributed by atoms with Gasteiger partial charge in [-0.25, -0.2) is 4.79 Å². The van der Waals surface area contributed by atoms with E-state index in [-0.39, 0.29) is 11.5 Å². The van der Waals surface area contributed by atoms with Crippen molar-refractivity contribution in [2.75, 3.05) is 52.9 Å². The van der Waals surface area contributed by atoms with E-state index in [0.717, 1.165) is 32.6 Å². The zero-order valence-electron chi connectivity index (χ0n) is 14.0. The van der Waals surface area contributed by atoms with Crippen LogP contribution >= 0.6 is 0 Å². The molecule has 0 radical (unpaired) electrons. The summed E-state index contributed by atoms with van der Waals surface area (Å²) in [5.74, 6) is -0.515. The minimum atomic E-state index is -0.989. The van der Waals surface area contributed by atoms with E-state index in [2.05, 4.69) is 22.2 Å². The first-order valence-electron chi connectivity index (χ1n) is 8.18. The van der Waals surface area contributed by atoms with Crippen LogP contribution in [0, 0.1) is 0 Å². The Morgan fingerprint density at radius 3 is 2.88 bits per heavy atom. The number of hydrogen-bond acceptors (Lipinski definition) is 5. The van der Waals surface area contributed by atoms with Gasteiger partial charge in [-0.1, -0.05) is 6.07 Å². The second kappa shape index (κ2) is 9.24. The fraction of sp³-hybridized carbons (Fsp3) is 0.529. The topological polar surface area (TPSA) is 82.1 Å². The van der Waals surface area contributed by atoms with Crippen molar-refractivity contribution in [3.8, 4) is 5.75 Å². The second-order valence-electron chi connectivity index (χ2n) is 5.96. The van der Waals surface area contributed by atoms with Gasteiger partial charge in [0.2, 0.25) is 5.91 Å². The van der Waals surface area contributed by atoms with E-state index in [1.807, 2.05) is 0 Å². The van der Waals surface area contributed by atoms with Gasteiger partial charge in [0.15, 0.2) is 0 Å². The Balaban J connectivity index is 1.65. The van der Waals surface area contributed by atoms with Crippen LogP contribution in [-0.4, -0.2) is 79.7 Å². The Labute approximate surface area is 142 Å². The molecule has 0 bridgehead atoms. The summed E-state index contributed by atoms with van der Waals surface area (Å²) >= 11 is 0. The summed E-state index contributed by atoms with van der Waals surface area (Å²) in [6.45, 7) is 5.00. The molecule has 1 saturated heterocycles. The molecule has 0 saturated carbocycles. The summed E-state index contributed by atoms with van der Waals surface area (Å²) in [6, 6.07) is 6.31. The molecule has 0 atom stereocenters. The third-order valence-electron chi connectivity index (χ3n) is 3.95. The van der Waals surface area contributed by atoms with Crippen molar-refractivity contribution in [1.82, 2.24) is 15.1 Å². The molecule has 1 amide bonds. The molecule has 1 aliphatic rings. The zero-order valence-corrected chi connectivity index (χ0v) is 14.0. The molecule has 24 heavy (non-hydrogen) atoms. The highest BCUT2D eigenvalue weighted by Gasteiger charge is 2.14. The molecule has 0 aliphatic carbocycles. The SMILES string of the molecule is CN1CCCN(CC(=O)NCCOc2cccc(C(=O)O)c2)CC1. The van der Waals surface area contributed by atoms with Gasteiger partial charge in [0.25, 0.3) is 0 Å².